The molecule has 0 atom stereocenters. The first-order valence-electron chi connectivity index (χ1n) is 6.83. The first-order chi connectivity index (χ1) is 7.97. The minimum absolute atomic E-state index is 0.0377. The Hall–Kier alpha value is -0.790. The molecule has 17 heavy (non-hydrogen) atoms. The molecule has 1 aliphatic carbocycles. The molecule has 0 aromatic rings. The normalized spacial score (nSPS) is 20.4. The van der Waals surface area contributed by atoms with Crippen LogP contribution >= 0.6 is 0 Å². The van der Waals surface area contributed by atoms with Gasteiger partial charge in [0, 0.05) is 11.5 Å². The van der Waals surface area contributed by atoms with Gasteiger partial charge in [0.05, 0.1) is 0 Å². The number of ether oxygens (including phenoxy) is 1. The van der Waals surface area contributed by atoms with Crippen LogP contribution in [0.1, 0.15) is 65.7 Å². The Kier molecular flexibility index (Phi) is 4.79. The van der Waals surface area contributed by atoms with Crippen molar-refractivity contribution in [3.63, 3.8) is 0 Å². The number of rotatable bonds is 4. The maximum atomic E-state index is 11.6. The van der Waals surface area contributed by atoms with Gasteiger partial charge in [-0.1, -0.05) is 40.2 Å². The van der Waals surface area contributed by atoms with Crippen LogP contribution in [-0.2, 0) is 9.53 Å². The SMILES string of the molecule is C=CC(=O)OC1(C(C)(C)CC)CCCCCC1. The molecule has 0 heterocycles. The zero-order chi connectivity index (χ0) is 12.9. The fourth-order valence-electron chi connectivity index (χ4n) is 2.77. The van der Waals surface area contributed by atoms with E-state index in [1.807, 2.05) is 0 Å². The topological polar surface area (TPSA) is 26.3 Å². The van der Waals surface area contributed by atoms with Gasteiger partial charge in [-0.3, -0.25) is 0 Å². The summed E-state index contributed by atoms with van der Waals surface area (Å²) in [5, 5.41) is 0. The van der Waals surface area contributed by atoms with Gasteiger partial charge < -0.3 is 4.74 Å². The summed E-state index contributed by atoms with van der Waals surface area (Å²) in [4.78, 5) is 11.6. The van der Waals surface area contributed by atoms with E-state index < -0.39 is 0 Å². The van der Waals surface area contributed by atoms with E-state index >= 15 is 0 Å². The van der Waals surface area contributed by atoms with Crippen molar-refractivity contribution in [1.29, 1.82) is 0 Å². The highest BCUT2D eigenvalue weighted by Gasteiger charge is 2.46. The van der Waals surface area contributed by atoms with Crippen LogP contribution in [0.3, 0.4) is 0 Å². The molecular formula is C15H26O2. The summed E-state index contributed by atoms with van der Waals surface area (Å²) in [7, 11) is 0. The van der Waals surface area contributed by atoms with Crippen LogP contribution in [-0.4, -0.2) is 11.6 Å². The Morgan fingerprint density at radius 1 is 1.29 bits per heavy atom. The highest BCUT2D eigenvalue weighted by molar-refractivity contribution is 5.81. The number of carbonyl (C=O) groups is 1. The lowest BCUT2D eigenvalue weighted by Gasteiger charge is -2.45. The monoisotopic (exact) mass is 238 g/mol. The van der Waals surface area contributed by atoms with Crippen LogP contribution in [0.4, 0.5) is 0 Å². The Balaban J connectivity index is 2.97. The van der Waals surface area contributed by atoms with Gasteiger partial charge in [-0.15, -0.1) is 0 Å². The number of hydrogen-bond acceptors (Lipinski definition) is 2. The third-order valence-electron chi connectivity index (χ3n) is 4.49. The molecule has 0 aromatic heterocycles. The first kappa shape index (κ1) is 14.3. The van der Waals surface area contributed by atoms with Crippen molar-refractivity contribution in [2.45, 2.75) is 71.3 Å². The lowest BCUT2D eigenvalue weighted by molar-refractivity contribution is -0.172. The summed E-state index contributed by atoms with van der Waals surface area (Å²) in [5.41, 5.74) is -0.250. The maximum Gasteiger partial charge on any atom is 0.330 e. The van der Waals surface area contributed by atoms with Gasteiger partial charge in [-0.2, -0.15) is 0 Å². The molecule has 1 saturated carbocycles. The van der Waals surface area contributed by atoms with E-state index in [0.29, 0.717) is 0 Å². The highest BCUT2D eigenvalue weighted by atomic mass is 16.6. The average Bonchev–Trinajstić information content (AvgIpc) is 2.55. The zero-order valence-corrected chi connectivity index (χ0v) is 11.6. The molecular weight excluding hydrogens is 212 g/mol. The predicted octanol–water partition coefficient (Wildman–Crippen LogP) is 4.24. The lowest BCUT2D eigenvalue weighted by Crippen LogP contribution is -2.47. The Bertz CT molecular complexity index is 271. The molecule has 0 amide bonds. The number of esters is 1. The van der Waals surface area contributed by atoms with Crippen molar-refractivity contribution in [3.8, 4) is 0 Å². The van der Waals surface area contributed by atoms with Gasteiger partial charge in [-0.05, 0) is 32.1 Å². The van der Waals surface area contributed by atoms with E-state index in [1.165, 1.54) is 18.9 Å². The van der Waals surface area contributed by atoms with Gasteiger partial charge >= 0.3 is 5.97 Å². The van der Waals surface area contributed by atoms with E-state index in [-0.39, 0.29) is 17.0 Å². The first-order valence-corrected chi connectivity index (χ1v) is 6.83. The van der Waals surface area contributed by atoms with Crippen LogP contribution in [0.25, 0.3) is 0 Å². The quantitative estimate of drug-likeness (QED) is 0.416. The van der Waals surface area contributed by atoms with E-state index in [2.05, 4.69) is 27.4 Å². The molecule has 0 N–H and O–H groups in total. The largest absolute Gasteiger partial charge is 0.455 e. The zero-order valence-electron chi connectivity index (χ0n) is 11.6. The van der Waals surface area contributed by atoms with Crippen LogP contribution in [0.15, 0.2) is 12.7 Å². The summed E-state index contributed by atoms with van der Waals surface area (Å²) in [5.74, 6) is -0.270. The standard InChI is InChI=1S/C15H26O2/c1-5-13(16)17-15(14(3,4)6-2)11-9-7-8-10-12-15/h5H,1,6-12H2,2-4H3. The van der Waals surface area contributed by atoms with Crippen molar-refractivity contribution in [2.75, 3.05) is 0 Å². The van der Waals surface area contributed by atoms with Gasteiger partial charge in [0.15, 0.2) is 0 Å². The summed E-state index contributed by atoms with van der Waals surface area (Å²) in [6.07, 6.45) is 9.14. The summed E-state index contributed by atoms with van der Waals surface area (Å²) in [6, 6.07) is 0. The second kappa shape index (κ2) is 5.70. The van der Waals surface area contributed by atoms with E-state index in [1.54, 1.807) is 0 Å². The molecule has 98 valence electrons. The Morgan fingerprint density at radius 2 is 1.82 bits per heavy atom. The molecule has 1 aliphatic rings. The second-order valence-electron chi connectivity index (χ2n) is 5.77. The Labute approximate surface area is 105 Å². The molecule has 0 bridgehead atoms. The van der Waals surface area contributed by atoms with E-state index in [0.717, 1.165) is 32.1 Å². The molecule has 2 nitrogen and oxygen atoms in total. The maximum absolute atomic E-state index is 11.6. The minimum Gasteiger partial charge on any atom is -0.455 e. The van der Waals surface area contributed by atoms with Crippen molar-refractivity contribution in [1.82, 2.24) is 0 Å². The summed E-state index contributed by atoms with van der Waals surface area (Å²) >= 11 is 0. The molecule has 0 unspecified atom stereocenters. The van der Waals surface area contributed by atoms with Crippen molar-refractivity contribution >= 4 is 5.97 Å². The van der Waals surface area contributed by atoms with Crippen molar-refractivity contribution in [2.24, 2.45) is 5.41 Å². The molecule has 0 aliphatic heterocycles. The Morgan fingerprint density at radius 3 is 2.24 bits per heavy atom. The van der Waals surface area contributed by atoms with Crippen LogP contribution in [0, 0.1) is 5.41 Å². The lowest BCUT2D eigenvalue weighted by atomic mass is 9.69. The van der Waals surface area contributed by atoms with Crippen molar-refractivity contribution < 1.29 is 9.53 Å². The number of carbonyl (C=O) groups excluding carboxylic acids is 1. The number of hydrogen-bond donors (Lipinski definition) is 0. The van der Waals surface area contributed by atoms with E-state index in [9.17, 15) is 4.79 Å². The summed E-state index contributed by atoms with van der Waals surface area (Å²) < 4.78 is 5.81. The van der Waals surface area contributed by atoms with Gasteiger partial charge in [-0.25, -0.2) is 4.79 Å². The molecule has 1 rings (SSSR count). The molecule has 0 spiro atoms. The van der Waals surface area contributed by atoms with Crippen LogP contribution in [0.2, 0.25) is 0 Å². The fourth-order valence-corrected chi connectivity index (χ4v) is 2.77. The summed E-state index contributed by atoms with van der Waals surface area (Å²) in [6.45, 7) is 10.1. The molecule has 2 heteroatoms. The molecule has 0 saturated heterocycles. The smallest absolute Gasteiger partial charge is 0.330 e. The van der Waals surface area contributed by atoms with E-state index in [4.69, 9.17) is 4.74 Å². The fraction of sp³-hybridized carbons (Fsp3) is 0.800. The third kappa shape index (κ3) is 3.11. The minimum atomic E-state index is -0.288. The van der Waals surface area contributed by atoms with Crippen molar-refractivity contribution in [3.05, 3.63) is 12.7 Å². The molecule has 1 fully saturated rings. The highest BCUT2D eigenvalue weighted by Crippen LogP contribution is 2.46. The van der Waals surface area contributed by atoms with Gasteiger partial charge in [0.1, 0.15) is 5.60 Å². The molecule has 0 aromatic carbocycles. The van der Waals surface area contributed by atoms with Crippen LogP contribution in [0.5, 0.6) is 0 Å². The molecule has 0 radical (unpaired) electrons. The second-order valence-corrected chi connectivity index (χ2v) is 5.77. The van der Waals surface area contributed by atoms with Crippen LogP contribution < -0.4 is 0 Å². The predicted molar refractivity (Wildman–Crippen MR) is 70.8 cm³/mol. The average molecular weight is 238 g/mol. The third-order valence-corrected chi connectivity index (χ3v) is 4.49. The van der Waals surface area contributed by atoms with Gasteiger partial charge in [0.2, 0.25) is 0 Å². The van der Waals surface area contributed by atoms with Gasteiger partial charge in [0.25, 0.3) is 0 Å².